The van der Waals surface area contributed by atoms with E-state index in [1.54, 1.807) is 24.3 Å². The second kappa shape index (κ2) is 11.3. The SMILES string of the molecule is Cc1cc(/C=C/C(=O)Nc2ccccc2C(=O)O)ccc1OCCCN1CCOCC1. The van der Waals surface area contributed by atoms with E-state index >= 15 is 0 Å². The van der Waals surface area contributed by atoms with Gasteiger partial charge in [0, 0.05) is 25.7 Å². The van der Waals surface area contributed by atoms with Gasteiger partial charge in [-0.3, -0.25) is 9.69 Å². The molecule has 0 aliphatic carbocycles. The first-order chi connectivity index (χ1) is 15.0. The number of hydrogen-bond acceptors (Lipinski definition) is 5. The van der Waals surface area contributed by atoms with E-state index in [-0.39, 0.29) is 11.3 Å². The molecule has 0 spiro atoms. The summed E-state index contributed by atoms with van der Waals surface area (Å²) in [6, 6.07) is 12.0. The summed E-state index contributed by atoms with van der Waals surface area (Å²) in [5, 5.41) is 11.8. The van der Waals surface area contributed by atoms with E-state index in [0.29, 0.717) is 6.61 Å². The summed E-state index contributed by atoms with van der Waals surface area (Å²) in [5.41, 5.74) is 2.17. The predicted octanol–water partition coefficient (Wildman–Crippen LogP) is 3.45. The van der Waals surface area contributed by atoms with Crippen molar-refractivity contribution in [3.63, 3.8) is 0 Å². The first-order valence-electron chi connectivity index (χ1n) is 10.4. The molecule has 0 radical (unpaired) electrons. The Morgan fingerprint density at radius 1 is 1.19 bits per heavy atom. The van der Waals surface area contributed by atoms with Gasteiger partial charge in [-0.15, -0.1) is 0 Å². The fraction of sp³-hybridized carbons (Fsp3) is 0.333. The molecule has 2 aromatic rings. The van der Waals surface area contributed by atoms with Gasteiger partial charge in [-0.2, -0.15) is 0 Å². The van der Waals surface area contributed by atoms with Crippen molar-refractivity contribution in [2.45, 2.75) is 13.3 Å². The Balaban J connectivity index is 1.49. The molecule has 0 aromatic heterocycles. The molecular formula is C24H28N2O5. The van der Waals surface area contributed by atoms with E-state index in [1.807, 2.05) is 25.1 Å². The van der Waals surface area contributed by atoms with Crippen LogP contribution in [0, 0.1) is 6.92 Å². The number of nitrogens with zero attached hydrogens (tertiary/aromatic N) is 1. The molecule has 164 valence electrons. The minimum atomic E-state index is -1.09. The minimum Gasteiger partial charge on any atom is -0.493 e. The average molecular weight is 424 g/mol. The number of ether oxygens (including phenoxy) is 2. The molecule has 0 unspecified atom stereocenters. The summed E-state index contributed by atoms with van der Waals surface area (Å²) < 4.78 is 11.3. The van der Waals surface area contributed by atoms with Crippen LogP contribution >= 0.6 is 0 Å². The second-order valence-electron chi connectivity index (χ2n) is 7.35. The van der Waals surface area contributed by atoms with Crippen molar-refractivity contribution < 1.29 is 24.2 Å². The number of carboxylic acid groups (broad SMARTS) is 1. The molecule has 0 atom stereocenters. The van der Waals surface area contributed by atoms with Crippen LogP contribution in [0.25, 0.3) is 6.08 Å². The van der Waals surface area contributed by atoms with E-state index < -0.39 is 11.9 Å². The molecule has 31 heavy (non-hydrogen) atoms. The number of para-hydroxylation sites is 1. The lowest BCUT2D eigenvalue weighted by atomic mass is 10.1. The zero-order valence-corrected chi connectivity index (χ0v) is 17.7. The third-order valence-corrected chi connectivity index (χ3v) is 5.02. The van der Waals surface area contributed by atoms with Crippen molar-refractivity contribution in [3.8, 4) is 5.75 Å². The smallest absolute Gasteiger partial charge is 0.337 e. The highest BCUT2D eigenvalue weighted by atomic mass is 16.5. The number of benzene rings is 2. The summed E-state index contributed by atoms with van der Waals surface area (Å²) in [6.07, 6.45) is 4.03. The normalized spacial score (nSPS) is 14.5. The number of carbonyl (C=O) groups is 2. The van der Waals surface area contributed by atoms with Crippen LogP contribution < -0.4 is 10.1 Å². The molecule has 1 heterocycles. The number of aromatic carboxylic acids is 1. The number of morpholine rings is 1. The molecular weight excluding hydrogens is 396 g/mol. The van der Waals surface area contributed by atoms with Crippen LogP contribution in [0.15, 0.2) is 48.5 Å². The third kappa shape index (κ3) is 6.94. The van der Waals surface area contributed by atoms with E-state index in [1.165, 1.54) is 12.1 Å². The van der Waals surface area contributed by atoms with Gasteiger partial charge in [0.1, 0.15) is 5.75 Å². The van der Waals surface area contributed by atoms with Crippen LogP contribution in [0.4, 0.5) is 5.69 Å². The Kier molecular flexibility index (Phi) is 8.20. The molecule has 1 fully saturated rings. The minimum absolute atomic E-state index is 0.0511. The second-order valence-corrected chi connectivity index (χ2v) is 7.35. The number of aryl methyl sites for hydroxylation is 1. The van der Waals surface area contributed by atoms with E-state index in [4.69, 9.17) is 9.47 Å². The van der Waals surface area contributed by atoms with Crippen molar-refractivity contribution in [3.05, 3.63) is 65.2 Å². The number of rotatable bonds is 9. The number of hydrogen-bond donors (Lipinski definition) is 2. The van der Waals surface area contributed by atoms with E-state index in [0.717, 1.165) is 56.1 Å². The van der Waals surface area contributed by atoms with Gasteiger partial charge in [0.25, 0.3) is 0 Å². The van der Waals surface area contributed by atoms with Crippen LogP contribution in [-0.4, -0.2) is 61.3 Å². The van der Waals surface area contributed by atoms with Crippen molar-refractivity contribution in [2.75, 3.05) is 44.8 Å². The van der Waals surface area contributed by atoms with Gasteiger partial charge in [0.2, 0.25) is 5.91 Å². The highest BCUT2D eigenvalue weighted by molar-refractivity contribution is 6.06. The van der Waals surface area contributed by atoms with Crippen molar-refractivity contribution in [2.24, 2.45) is 0 Å². The Labute approximate surface area is 182 Å². The summed E-state index contributed by atoms with van der Waals surface area (Å²) in [7, 11) is 0. The Morgan fingerprint density at radius 3 is 2.71 bits per heavy atom. The van der Waals surface area contributed by atoms with Crippen LogP contribution in [0.2, 0.25) is 0 Å². The maximum absolute atomic E-state index is 12.2. The topological polar surface area (TPSA) is 88.1 Å². The molecule has 0 saturated carbocycles. The Morgan fingerprint density at radius 2 is 1.97 bits per heavy atom. The van der Waals surface area contributed by atoms with Crippen LogP contribution in [0.3, 0.4) is 0 Å². The lowest BCUT2D eigenvalue weighted by Crippen LogP contribution is -2.37. The predicted molar refractivity (Wildman–Crippen MR) is 120 cm³/mol. The number of anilines is 1. The van der Waals surface area contributed by atoms with Gasteiger partial charge in [-0.25, -0.2) is 4.79 Å². The van der Waals surface area contributed by atoms with Crippen molar-refractivity contribution in [1.29, 1.82) is 0 Å². The summed E-state index contributed by atoms with van der Waals surface area (Å²) in [5.74, 6) is -0.648. The molecule has 7 nitrogen and oxygen atoms in total. The molecule has 3 rings (SSSR count). The zero-order valence-electron chi connectivity index (χ0n) is 17.7. The van der Waals surface area contributed by atoms with Gasteiger partial charge in [-0.05, 0) is 54.8 Å². The van der Waals surface area contributed by atoms with Gasteiger partial charge in [0.15, 0.2) is 0 Å². The summed E-state index contributed by atoms with van der Waals surface area (Å²) in [6.45, 7) is 7.20. The molecule has 2 aromatic carbocycles. The zero-order chi connectivity index (χ0) is 22.1. The monoisotopic (exact) mass is 424 g/mol. The standard InChI is InChI=1S/C24H28N2O5/c1-18-17-19(7-9-22(18)31-14-4-11-26-12-15-30-16-13-26)8-10-23(27)25-21-6-3-2-5-20(21)24(28)29/h2-3,5-10,17H,4,11-16H2,1H3,(H,25,27)(H,28,29)/b10-8+. The van der Waals surface area contributed by atoms with Gasteiger partial charge in [0.05, 0.1) is 31.1 Å². The molecule has 2 N–H and O–H groups in total. The number of nitrogens with one attached hydrogen (secondary N) is 1. The lowest BCUT2D eigenvalue weighted by molar-refractivity contribution is -0.111. The molecule has 7 heteroatoms. The fourth-order valence-electron chi connectivity index (χ4n) is 3.36. The van der Waals surface area contributed by atoms with Crippen LogP contribution in [-0.2, 0) is 9.53 Å². The van der Waals surface area contributed by atoms with Crippen LogP contribution in [0.5, 0.6) is 5.75 Å². The Bertz CT molecular complexity index is 935. The third-order valence-electron chi connectivity index (χ3n) is 5.02. The molecule has 0 bridgehead atoms. The highest BCUT2D eigenvalue weighted by Gasteiger charge is 2.11. The molecule has 1 aliphatic rings. The maximum atomic E-state index is 12.2. The largest absolute Gasteiger partial charge is 0.493 e. The number of amides is 1. The quantitative estimate of drug-likeness (QED) is 0.474. The first kappa shape index (κ1) is 22.5. The molecule has 1 aliphatic heterocycles. The number of carboxylic acids is 1. The first-order valence-corrected chi connectivity index (χ1v) is 10.4. The van der Waals surface area contributed by atoms with Crippen molar-refractivity contribution >= 4 is 23.6 Å². The van der Waals surface area contributed by atoms with Crippen molar-refractivity contribution in [1.82, 2.24) is 4.90 Å². The summed E-state index contributed by atoms with van der Waals surface area (Å²) in [4.78, 5) is 25.8. The highest BCUT2D eigenvalue weighted by Crippen LogP contribution is 2.20. The molecule has 1 amide bonds. The fourth-order valence-corrected chi connectivity index (χ4v) is 3.36. The summed E-state index contributed by atoms with van der Waals surface area (Å²) >= 11 is 0. The average Bonchev–Trinajstić information content (AvgIpc) is 2.77. The van der Waals surface area contributed by atoms with Crippen LogP contribution in [0.1, 0.15) is 27.9 Å². The van der Waals surface area contributed by atoms with Gasteiger partial charge >= 0.3 is 5.97 Å². The Hall–Kier alpha value is -3.16. The van der Waals surface area contributed by atoms with E-state index in [9.17, 15) is 14.7 Å². The van der Waals surface area contributed by atoms with Gasteiger partial charge in [-0.1, -0.05) is 18.2 Å². The lowest BCUT2D eigenvalue weighted by Gasteiger charge is -2.26. The maximum Gasteiger partial charge on any atom is 0.337 e. The van der Waals surface area contributed by atoms with E-state index in [2.05, 4.69) is 10.2 Å². The van der Waals surface area contributed by atoms with Gasteiger partial charge < -0.3 is 19.9 Å². The number of carbonyl (C=O) groups excluding carboxylic acids is 1. The molecule has 1 saturated heterocycles.